The van der Waals surface area contributed by atoms with Crippen molar-refractivity contribution in [1.82, 2.24) is 15.1 Å². The molecule has 2 fully saturated rings. The Hall–Kier alpha value is -1.14. The lowest BCUT2D eigenvalue weighted by atomic mass is 9.99. The number of carbonyl (C=O) groups is 2. The molecule has 2 aliphatic heterocycles. The molecular weight excluding hydrogens is 258 g/mol. The zero-order chi connectivity index (χ0) is 14.4. The Morgan fingerprint density at radius 1 is 1.15 bits per heavy atom. The number of hydrogen-bond donors (Lipinski definition) is 1. The van der Waals surface area contributed by atoms with Crippen LogP contribution >= 0.6 is 0 Å². The quantitative estimate of drug-likeness (QED) is 0.722. The highest BCUT2D eigenvalue weighted by Crippen LogP contribution is 2.15. The smallest absolute Gasteiger partial charge is 0.311 e. The minimum atomic E-state index is -0.465. The standard InChI is InChI=1S/C14H25N3O3/c1-12-2-5-17(6-3-12)14(19)13(18)15-4-7-16-8-10-20-11-9-16/h12H,2-11H2,1H3,(H,15,18). The monoisotopic (exact) mass is 283 g/mol. The van der Waals surface area contributed by atoms with Crippen LogP contribution in [0.4, 0.5) is 0 Å². The van der Waals surface area contributed by atoms with E-state index in [1.807, 2.05) is 0 Å². The van der Waals surface area contributed by atoms with E-state index in [1.165, 1.54) is 0 Å². The van der Waals surface area contributed by atoms with E-state index in [2.05, 4.69) is 17.1 Å². The number of morpholine rings is 1. The van der Waals surface area contributed by atoms with Crippen LogP contribution in [0, 0.1) is 5.92 Å². The number of nitrogens with zero attached hydrogens (tertiary/aromatic N) is 2. The van der Waals surface area contributed by atoms with Crippen molar-refractivity contribution in [3.63, 3.8) is 0 Å². The summed E-state index contributed by atoms with van der Waals surface area (Å²) in [6.07, 6.45) is 1.99. The summed E-state index contributed by atoms with van der Waals surface area (Å²) in [6, 6.07) is 0. The first-order chi connectivity index (χ1) is 9.66. The Balaban J connectivity index is 1.64. The van der Waals surface area contributed by atoms with Gasteiger partial charge in [0.25, 0.3) is 0 Å². The van der Waals surface area contributed by atoms with E-state index in [0.717, 1.165) is 45.7 Å². The van der Waals surface area contributed by atoms with E-state index in [0.29, 0.717) is 25.6 Å². The maximum atomic E-state index is 12.0. The number of likely N-dealkylation sites (tertiary alicyclic amines) is 1. The third kappa shape index (κ3) is 4.45. The zero-order valence-corrected chi connectivity index (χ0v) is 12.3. The van der Waals surface area contributed by atoms with Crippen molar-refractivity contribution in [1.29, 1.82) is 0 Å². The normalized spacial score (nSPS) is 21.8. The van der Waals surface area contributed by atoms with Gasteiger partial charge in [0.05, 0.1) is 13.2 Å². The van der Waals surface area contributed by atoms with Crippen LogP contribution in [-0.2, 0) is 14.3 Å². The molecule has 2 aliphatic rings. The van der Waals surface area contributed by atoms with Crippen molar-refractivity contribution in [3.05, 3.63) is 0 Å². The van der Waals surface area contributed by atoms with Gasteiger partial charge in [-0.05, 0) is 18.8 Å². The average molecular weight is 283 g/mol. The number of rotatable bonds is 3. The molecular formula is C14H25N3O3. The molecule has 2 rings (SSSR count). The summed E-state index contributed by atoms with van der Waals surface area (Å²) in [6.45, 7) is 8.19. The Kier molecular flexibility index (Phi) is 5.79. The number of nitrogens with one attached hydrogen (secondary N) is 1. The molecule has 0 radical (unpaired) electrons. The highest BCUT2D eigenvalue weighted by atomic mass is 16.5. The number of ether oxygens (including phenoxy) is 1. The first-order valence-electron chi connectivity index (χ1n) is 7.54. The molecule has 2 amide bonds. The van der Waals surface area contributed by atoms with Gasteiger partial charge in [0.1, 0.15) is 0 Å². The van der Waals surface area contributed by atoms with E-state index < -0.39 is 5.91 Å². The zero-order valence-electron chi connectivity index (χ0n) is 12.3. The van der Waals surface area contributed by atoms with E-state index in [9.17, 15) is 9.59 Å². The van der Waals surface area contributed by atoms with E-state index >= 15 is 0 Å². The van der Waals surface area contributed by atoms with Crippen LogP contribution in [-0.4, -0.2) is 74.1 Å². The lowest BCUT2D eigenvalue weighted by Gasteiger charge is -2.30. The van der Waals surface area contributed by atoms with Crippen LogP contribution in [0.3, 0.4) is 0 Å². The fourth-order valence-electron chi connectivity index (χ4n) is 2.58. The van der Waals surface area contributed by atoms with Gasteiger partial charge in [0.15, 0.2) is 0 Å². The molecule has 0 aromatic rings. The summed E-state index contributed by atoms with van der Waals surface area (Å²) in [7, 11) is 0. The van der Waals surface area contributed by atoms with Crippen molar-refractivity contribution >= 4 is 11.8 Å². The molecule has 0 aliphatic carbocycles. The molecule has 0 aromatic heterocycles. The van der Waals surface area contributed by atoms with Crippen molar-refractivity contribution in [2.45, 2.75) is 19.8 Å². The minimum Gasteiger partial charge on any atom is -0.379 e. The third-order valence-corrected chi connectivity index (χ3v) is 4.08. The molecule has 6 nitrogen and oxygen atoms in total. The molecule has 1 N–H and O–H groups in total. The van der Waals surface area contributed by atoms with Gasteiger partial charge in [-0.1, -0.05) is 6.92 Å². The minimum absolute atomic E-state index is 0.376. The molecule has 2 heterocycles. The van der Waals surface area contributed by atoms with Crippen molar-refractivity contribution < 1.29 is 14.3 Å². The molecule has 0 spiro atoms. The molecule has 0 saturated carbocycles. The Morgan fingerprint density at radius 3 is 2.45 bits per heavy atom. The SMILES string of the molecule is CC1CCN(C(=O)C(=O)NCCN2CCOCC2)CC1. The highest BCUT2D eigenvalue weighted by Gasteiger charge is 2.25. The number of piperidine rings is 1. The highest BCUT2D eigenvalue weighted by molar-refractivity contribution is 6.35. The van der Waals surface area contributed by atoms with Crippen LogP contribution in [0.25, 0.3) is 0 Å². The molecule has 6 heteroatoms. The maximum Gasteiger partial charge on any atom is 0.311 e. The Morgan fingerprint density at radius 2 is 1.80 bits per heavy atom. The third-order valence-electron chi connectivity index (χ3n) is 4.08. The van der Waals surface area contributed by atoms with E-state index in [-0.39, 0.29) is 5.91 Å². The summed E-state index contributed by atoms with van der Waals surface area (Å²) >= 11 is 0. The Bertz CT molecular complexity index is 335. The fourth-order valence-corrected chi connectivity index (χ4v) is 2.58. The predicted molar refractivity (Wildman–Crippen MR) is 75.2 cm³/mol. The number of carbonyl (C=O) groups excluding carboxylic acids is 2. The summed E-state index contributed by atoms with van der Waals surface area (Å²) < 4.78 is 5.26. The number of amides is 2. The van der Waals surface area contributed by atoms with Gasteiger partial charge in [-0.25, -0.2) is 0 Å². The van der Waals surface area contributed by atoms with Crippen LogP contribution in [0.1, 0.15) is 19.8 Å². The lowest BCUT2D eigenvalue weighted by molar-refractivity contribution is -0.146. The van der Waals surface area contributed by atoms with Crippen LogP contribution in [0.5, 0.6) is 0 Å². The summed E-state index contributed by atoms with van der Waals surface area (Å²) in [4.78, 5) is 27.7. The molecule has 20 heavy (non-hydrogen) atoms. The summed E-state index contributed by atoms with van der Waals surface area (Å²) in [5.74, 6) is -0.185. The lowest BCUT2D eigenvalue weighted by Crippen LogP contribution is -2.48. The van der Waals surface area contributed by atoms with Gasteiger partial charge in [-0.3, -0.25) is 14.5 Å². The van der Waals surface area contributed by atoms with Crippen molar-refractivity contribution in [3.8, 4) is 0 Å². The second-order valence-electron chi connectivity index (χ2n) is 5.68. The van der Waals surface area contributed by atoms with Crippen molar-refractivity contribution in [2.24, 2.45) is 5.92 Å². The molecule has 114 valence electrons. The topological polar surface area (TPSA) is 61.9 Å². The molecule has 0 aromatic carbocycles. The van der Waals surface area contributed by atoms with Gasteiger partial charge in [-0.15, -0.1) is 0 Å². The van der Waals surface area contributed by atoms with Gasteiger partial charge in [0, 0.05) is 39.3 Å². The second-order valence-corrected chi connectivity index (χ2v) is 5.68. The summed E-state index contributed by atoms with van der Waals surface area (Å²) in [5, 5.41) is 2.73. The Labute approximate surface area is 120 Å². The van der Waals surface area contributed by atoms with Crippen LogP contribution in [0.15, 0.2) is 0 Å². The van der Waals surface area contributed by atoms with Gasteiger partial charge < -0.3 is 15.0 Å². The average Bonchev–Trinajstić information content (AvgIpc) is 2.48. The maximum absolute atomic E-state index is 12.0. The molecule has 0 atom stereocenters. The number of hydrogen-bond acceptors (Lipinski definition) is 4. The molecule has 0 unspecified atom stereocenters. The summed E-state index contributed by atoms with van der Waals surface area (Å²) in [5.41, 5.74) is 0. The molecule has 0 bridgehead atoms. The van der Waals surface area contributed by atoms with Gasteiger partial charge in [0.2, 0.25) is 0 Å². The van der Waals surface area contributed by atoms with Gasteiger partial charge >= 0.3 is 11.8 Å². The first kappa shape index (κ1) is 15.3. The van der Waals surface area contributed by atoms with Crippen molar-refractivity contribution in [2.75, 3.05) is 52.5 Å². The van der Waals surface area contributed by atoms with Crippen LogP contribution in [0.2, 0.25) is 0 Å². The van der Waals surface area contributed by atoms with Crippen LogP contribution < -0.4 is 5.32 Å². The van der Waals surface area contributed by atoms with Gasteiger partial charge in [-0.2, -0.15) is 0 Å². The predicted octanol–water partition coefficient (Wildman–Crippen LogP) is -0.307. The molecule has 2 saturated heterocycles. The van der Waals surface area contributed by atoms with E-state index in [4.69, 9.17) is 4.74 Å². The largest absolute Gasteiger partial charge is 0.379 e. The van der Waals surface area contributed by atoms with E-state index in [1.54, 1.807) is 4.90 Å². The fraction of sp³-hybridized carbons (Fsp3) is 0.857. The first-order valence-corrected chi connectivity index (χ1v) is 7.54. The second kappa shape index (κ2) is 7.59.